The highest BCUT2D eigenvalue weighted by Crippen LogP contribution is 2.69. The second-order valence-electron chi connectivity index (χ2n) is 13.1. The number of carbonyl (C=O) groups excluding carboxylic acids is 1. The van der Waals surface area contributed by atoms with Gasteiger partial charge in [0.2, 0.25) is 10.0 Å². The van der Waals surface area contributed by atoms with Gasteiger partial charge in [0.25, 0.3) is 0 Å². The van der Waals surface area contributed by atoms with Gasteiger partial charge in [0, 0.05) is 29.5 Å². The number of esters is 1. The predicted octanol–water partition coefficient (Wildman–Crippen LogP) is 9.79. The number of rotatable bonds is 19. The Morgan fingerprint density at radius 3 is 1.89 bits per heavy atom. The maximum absolute atomic E-state index is 16.1. The summed E-state index contributed by atoms with van der Waals surface area (Å²) in [5.74, 6) is 0.351. The zero-order valence-corrected chi connectivity index (χ0v) is 35.4. The number of fused-ring (bicyclic) bond motifs is 1. The Kier molecular flexibility index (Phi) is 14.7. The zero-order valence-electron chi connectivity index (χ0n) is 31.2. The van der Waals surface area contributed by atoms with Crippen molar-refractivity contribution in [3.8, 4) is 11.5 Å². The normalized spacial score (nSPS) is 12.6. The van der Waals surface area contributed by atoms with E-state index in [-0.39, 0.29) is 66.1 Å². The van der Waals surface area contributed by atoms with E-state index in [0.29, 0.717) is 27.5 Å². The summed E-state index contributed by atoms with van der Waals surface area (Å²) in [5, 5.41) is 3.39. The lowest BCUT2D eigenvalue weighted by Gasteiger charge is -2.25. The van der Waals surface area contributed by atoms with Crippen molar-refractivity contribution >= 4 is 66.6 Å². The van der Waals surface area contributed by atoms with Crippen LogP contribution in [0.3, 0.4) is 0 Å². The summed E-state index contributed by atoms with van der Waals surface area (Å²) in [6.07, 6.45) is 0.127. The smallest absolute Gasteiger partial charge is 0.405 e. The van der Waals surface area contributed by atoms with E-state index in [0.717, 1.165) is 11.1 Å². The quantitative estimate of drug-likeness (QED) is 0.0552. The SMILES string of the molecule is CCOP(=O)(OCC)C(F)(F)c1sc2c(NCCCS(=O)(=O)N(Cc3ccc(OC)cc3)Cc3ccc(OC)cc3)cc(C(=O)OC(C)(C)C)cc2c1Br. The first kappa shape index (κ1) is 43.6. The van der Waals surface area contributed by atoms with Crippen molar-refractivity contribution in [2.24, 2.45) is 0 Å². The summed E-state index contributed by atoms with van der Waals surface area (Å²) in [4.78, 5) is 12.6. The summed E-state index contributed by atoms with van der Waals surface area (Å²) >= 11 is 3.93. The molecule has 54 heavy (non-hydrogen) atoms. The number of alkyl halides is 2. The molecule has 4 rings (SSSR count). The number of ether oxygens (including phenoxy) is 3. The number of benzene rings is 3. The van der Waals surface area contributed by atoms with Crippen molar-refractivity contribution in [1.82, 2.24) is 4.31 Å². The lowest BCUT2D eigenvalue weighted by atomic mass is 10.1. The number of thiophene rings is 1. The van der Waals surface area contributed by atoms with Crippen molar-refractivity contribution < 1.29 is 49.8 Å². The second-order valence-corrected chi connectivity index (χ2v) is 19.1. The van der Waals surface area contributed by atoms with Crippen molar-refractivity contribution in [2.75, 3.05) is 45.0 Å². The van der Waals surface area contributed by atoms with Gasteiger partial charge in [0.15, 0.2) is 0 Å². The molecule has 0 unspecified atom stereocenters. The molecule has 1 heterocycles. The van der Waals surface area contributed by atoms with Crippen LogP contribution in [-0.2, 0) is 47.1 Å². The molecule has 0 amide bonds. The summed E-state index contributed by atoms with van der Waals surface area (Å²) in [5.41, 5.74) is -3.00. The molecule has 296 valence electrons. The van der Waals surface area contributed by atoms with Gasteiger partial charge in [-0.1, -0.05) is 24.3 Å². The topological polar surface area (TPSA) is 130 Å². The molecule has 0 saturated heterocycles. The fraction of sp³-hybridized carbons (Fsp3) is 0.432. The molecule has 4 aromatic rings. The number of nitrogens with one attached hydrogen (secondary N) is 1. The first-order valence-electron chi connectivity index (χ1n) is 17.1. The first-order valence-corrected chi connectivity index (χ1v) is 21.9. The summed E-state index contributed by atoms with van der Waals surface area (Å²) < 4.78 is 101. The molecule has 17 heteroatoms. The van der Waals surface area contributed by atoms with Crippen LogP contribution in [-0.4, -0.2) is 64.0 Å². The molecule has 1 aromatic heterocycles. The number of halogens is 3. The highest BCUT2D eigenvalue weighted by molar-refractivity contribution is 9.10. The van der Waals surface area contributed by atoms with Gasteiger partial charge in [-0.05, 0) is 104 Å². The van der Waals surface area contributed by atoms with E-state index < -0.39 is 39.7 Å². The monoisotopic (exact) mass is 874 g/mol. The molecule has 3 aromatic carbocycles. The Bertz CT molecular complexity index is 2000. The van der Waals surface area contributed by atoms with Gasteiger partial charge in [-0.3, -0.25) is 4.57 Å². The van der Waals surface area contributed by atoms with Crippen LogP contribution in [0, 0.1) is 0 Å². The van der Waals surface area contributed by atoms with Crippen LogP contribution in [0.2, 0.25) is 0 Å². The molecule has 0 aliphatic heterocycles. The maximum Gasteiger partial charge on any atom is 0.405 e. The van der Waals surface area contributed by atoms with Gasteiger partial charge in [-0.15, -0.1) is 11.3 Å². The van der Waals surface area contributed by atoms with Crippen molar-refractivity contribution in [2.45, 2.75) is 65.4 Å². The van der Waals surface area contributed by atoms with Crippen molar-refractivity contribution in [3.05, 3.63) is 86.7 Å². The van der Waals surface area contributed by atoms with Crippen LogP contribution in [0.4, 0.5) is 14.5 Å². The maximum atomic E-state index is 16.1. The van der Waals surface area contributed by atoms with Gasteiger partial charge in [0.1, 0.15) is 22.0 Å². The summed E-state index contributed by atoms with van der Waals surface area (Å²) in [6.45, 7) is 7.76. The molecule has 0 atom stereocenters. The van der Waals surface area contributed by atoms with E-state index in [1.807, 2.05) is 0 Å². The zero-order chi connectivity index (χ0) is 39.9. The molecule has 11 nitrogen and oxygen atoms in total. The van der Waals surface area contributed by atoms with Gasteiger partial charge < -0.3 is 28.6 Å². The van der Waals surface area contributed by atoms with Gasteiger partial charge in [0.05, 0.1) is 49.1 Å². The van der Waals surface area contributed by atoms with E-state index in [2.05, 4.69) is 21.2 Å². The number of hydrogen-bond acceptors (Lipinski definition) is 11. The Morgan fingerprint density at radius 2 is 1.43 bits per heavy atom. The third-order valence-corrected chi connectivity index (χ3v) is 14.4. The van der Waals surface area contributed by atoms with Crippen LogP contribution in [0.1, 0.15) is 67.4 Å². The van der Waals surface area contributed by atoms with Crippen LogP contribution < -0.4 is 14.8 Å². The third-order valence-electron chi connectivity index (χ3n) is 7.90. The predicted molar refractivity (Wildman–Crippen MR) is 212 cm³/mol. The number of hydrogen-bond donors (Lipinski definition) is 1. The Balaban J connectivity index is 1.64. The molecule has 0 aliphatic rings. The molecular formula is C37H46BrF2N2O9PS2. The van der Waals surface area contributed by atoms with Crippen molar-refractivity contribution in [3.63, 3.8) is 0 Å². The number of carbonyl (C=O) groups is 1. The van der Waals surface area contributed by atoms with Gasteiger partial charge >= 0.3 is 19.2 Å². The highest BCUT2D eigenvalue weighted by atomic mass is 79.9. The second kappa shape index (κ2) is 18.2. The first-order chi connectivity index (χ1) is 25.4. The van der Waals surface area contributed by atoms with E-state index in [1.165, 1.54) is 30.3 Å². The van der Waals surface area contributed by atoms with E-state index in [1.54, 1.807) is 83.5 Å². The van der Waals surface area contributed by atoms with Crippen LogP contribution in [0.25, 0.3) is 10.1 Å². The number of anilines is 1. The third kappa shape index (κ3) is 10.6. The lowest BCUT2D eigenvalue weighted by Crippen LogP contribution is -2.32. The number of methoxy groups -OCH3 is 2. The average Bonchev–Trinajstić information content (AvgIpc) is 3.46. The minimum Gasteiger partial charge on any atom is -0.497 e. The van der Waals surface area contributed by atoms with Crippen molar-refractivity contribution in [1.29, 1.82) is 0 Å². The number of sulfonamides is 1. The molecule has 0 bridgehead atoms. The molecular weight excluding hydrogens is 829 g/mol. The largest absolute Gasteiger partial charge is 0.497 e. The van der Waals surface area contributed by atoms with Crippen LogP contribution in [0.15, 0.2) is 65.1 Å². The summed E-state index contributed by atoms with van der Waals surface area (Å²) in [7, 11) is -5.70. The fourth-order valence-electron chi connectivity index (χ4n) is 5.34. The Labute approximate surface area is 328 Å². The lowest BCUT2D eigenvalue weighted by molar-refractivity contribution is 0.00696. The summed E-state index contributed by atoms with van der Waals surface area (Å²) in [6, 6.07) is 17.2. The highest BCUT2D eigenvalue weighted by Gasteiger charge is 2.57. The molecule has 0 saturated carbocycles. The van der Waals surface area contributed by atoms with E-state index in [9.17, 15) is 17.8 Å². The fourth-order valence-corrected chi connectivity index (χ4v) is 10.8. The number of nitrogens with zero attached hydrogens (tertiary/aromatic N) is 1. The van der Waals surface area contributed by atoms with Gasteiger partial charge in [-0.25, -0.2) is 13.2 Å². The standard InChI is InChI=1S/C37H46BrF2N2O9PS2/c1-8-49-52(44,50-9-2)37(39,40)34-32(38)30-21-27(35(43)51-36(3,4)5)22-31(33(30)53-34)41-19-10-20-54(45,46)42(23-25-11-15-28(47-6)16-12-25)24-26-13-17-29(48-7)18-14-26/h11-18,21-22,41H,8-10,19-20,23-24H2,1-7H3. The van der Waals surface area contributed by atoms with Gasteiger partial charge in [-0.2, -0.15) is 13.1 Å². The Hall–Kier alpha value is -3.11. The van der Waals surface area contributed by atoms with Crippen LogP contribution >= 0.6 is 34.9 Å². The van der Waals surface area contributed by atoms with Crippen LogP contribution in [0.5, 0.6) is 11.5 Å². The molecule has 0 fully saturated rings. The molecule has 0 spiro atoms. The molecule has 1 N–H and O–H groups in total. The minimum atomic E-state index is -4.96. The Morgan fingerprint density at radius 1 is 0.907 bits per heavy atom. The molecule has 0 aliphatic carbocycles. The van der Waals surface area contributed by atoms with E-state index in [4.69, 9.17) is 23.3 Å². The minimum absolute atomic E-state index is 0.0730. The molecule has 0 radical (unpaired) electrons. The average molecular weight is 876 g/mol. The van der Waals surface area contributed by atoms with E-state index >= 15 is 8.78 Å².